The SMILES string of the molecule is C[C@@H]1COCCN1CC1(COc2nccc(-c3sc4c(c3C#N)C3(CC4)CNC3)n2)CC1. The van der Waals surface area contributed by atoms with Gasteiger partial charge in [0, 0.05) is 54.1 Å². The molecule has 4 heterocycles. The van der Waals surface area contributed by atoms with Gasteiger partial charge in [0.25, 0.3) is 0 Å². The number of hydrogen-bond acceptors (Lipinski definition) is 8. The van der Waals surface area contributed by atoms with E-state index < -0.39 is 0 Å². The second-order valence-corrected chi connectivity index (χ2v) is 11.1. The molecule has 32 heavy (non-hydrogen) atoms. The van der Waals surface area contributed by atoms with Gasteiger partial charge in [0.1, 0.15) is 6.07 Å². The molecule has 1 atom stereocenters. The predicted molar refractivity (Wildman–Crippen MR) is 122 cm³/mol. The van der Waals surface area contributed by atoms with Crippen LogP contribution in [-0.2, 0) is 16.6 Å². The number of nitrogens with zero attached hydrogens (tertiary/aromatic N) is 4. The van der Waals surface area contributed by atoms with Crippen LogP contribution in [0.3, 0.4) is 0 Å². The number of rotatable bonds is 6. The van der Waals surface area contributed by atoms with E-state index >= 15 is 0 Å². The Bertz CT molecular complexity index is 1070. The lowest BCUT2D eigenvalue weighted by Gasteiger charge is -2.40. The molecule has 3 fully saturated rings. The number of thiophene rings is 1. The summed E-state index contributed by atoms with van der Waals surface area (Å²) in [6, 6.07) is 5.28. The Morgan fingerprint density at radius 3 is 2.97 bits per heavy atom. The maximum absolute atomic E-state index is 10.00. The summed E-state index contributed by atoms with van der Waals surface area (Å²) in [6.07, 6.45) is 6.34. The number of nitrogens with one attached hydrogen (secondary N) is 1. The highest BCUT2D eigenvalue weighted by molar-refractivity contribution is 7.16. The molecule has 2 aliphatic heterocycles. The molecule has 0 unspecified atom stereocenters. The van der Waals surface area contributed by atoms with Crippen LogP contribution >= 0.6 is 11.3 Å². The number of nitriles is 1. The maximum Gasteiger partial charge on any atom is 0.316 e. The largest absolute Gasteiger partial charge is 0.463 e. The molecule has 1 spiro atoms. The van der Waals surface area contributed by atoms with Crippen molar-refractivity contribution >= 4 is 11.3 Å². The molecule has 0 bridgehead atoms. The molecule has 1 saturated carbocycles. The van der Waals surface area contributed by atoms with Crippen molar-refractivity contribution in [3.8, 4) is 22.7 Å². The van der Waals surface area contributed by atoms with Gasteiger partial charge >= 0.3 is 6.01 Å². The summed E-state index contributed by atoms with van der Waals surface area (Å²) in [5, 5.41) is 13.4. The van der Waals surface area contributed by atoms with Crippen LogP contribution in [0.5, 0.6) is 6.01 Å². The first-order valence-electron chi connectivity index (χ1n) is 11.7. The Balaban J connectivity index is 1.19. The highest BCUT2D eigenvalue weighted by Crippen LogP contribution is 2.50. The van der Waals surface area contributed by atoms with Crippen molar-refractivity contribution in [3.63, 3.8) is 0 Å². The molecule has 4 aliphatic rings. The summed E-state index contributed by atoms with van der Waals surface area (Å²) in [5.74, 6) is 0. The predicted octanol–water partition coefficient (Wildman–Crippen LogP) is 2.74. The number of aryl methyl sites for hydroxylation is 1. The lowest BCUT2D eigenvalue weighted by molar-refractivity contribution is -0.0135. The third-order valence-electron chi connectivity index (χ3n) is 7.76. The third kappa shape index (κ3) is 3.43. The van der Waals surface area contributed by atoms with Crippen LogP contribution in [0, 0.1) is 16.7 Å². The van der Waals surface area contributed by atoms with Crippen LogP contribution < -0.4 is 10.1 Å². The minimum atomic E-state index is 0.163. The number of fused-ring (bicyclic) bond motifs is 2. The van der Waals surface area contributed by atoms with E-state index in [1.165, 1.54) is 23.3 Å². The van der Waals surface area contributed by atoms with Crippen LogP contribution in [0.25, 0.3) is 10.6 Å². The van der Waals surface area contributed by atoms with Crippen molar-refractivity contribution in [2.24, 2.45) is 5.41 Å². The normalized spacial score (nSPS) is 25.2. The van der Waals surface area contributed by atoms with E-state index in [0.29, 0.717) is 18.7 Å². The number of morpholine rings is 1. The smallest absolute Gasteiger partial charge is 0.316 e. The van der Waals surface area contributed by atoms with Crippen molar-refractivity contribution in [3.05, 3.63) is 28.3 Å². The molecule has 168 valence electrons. The molecule has 7 nitrogen and oxygen atoms in total. The van der Waals surface area contributed by atoms with E-state index in [1.807, 2.05) is 6.07 Å². The second kappa shape index (κ2) is 7.77. The fraction of sp³-hybridized carbons (Fsp3) is 0.625. The zero-order valence-electron chi connectivity index (χ0n) is 18.5. The van der Waals surface area contributed by atoms with E-state index in [9.17, 15) is 5.26 Å². The van der Waals surface area contributed by atoms with Gasteiger partial charge in [-0.2, -0.15) is 10.2 Å². The summed E-state index contributed by atoms with van der Waals surface area (Å²) < 4.78 is 11.7. The average molecular weight is 452 g/mol. The van der Waals surface area contributed by atoms with Gasteiger partial charge in [0.05, 0.1) is 36.0 Å². The van der Waals surface area contributed by atoms with E-state index in [4.69, 9.17) is 14.5 Å². The van der Waals surface area contributed by atoms with E-state index in [1.54, 1.807) is 17.5 Å². The Morgan fingerprint density at radius 2 is 2.25 bits per heavy atom. The zero-order valence-corrected chi connectivity index (χ0v) is 19.3. The third-order valence-corrected chi connectivity index (χ3v) is 9.03. The molecular formula is C24H29N5O2S. The first-order chi connectivity index (χ1) is 15.6. The molecule has 2 aromatic rings. The molecule has 6 rings (SSSR count). The monoisotopic (exact) mass is 451 g/mol. The molecular weight excluding hydrogens is 422 g/mol. The Kier molecular flexibility index (Phi) is 4.99. The fourth-order valence-electron chi connectivity index (χ4n) is 5.47. The number of hydrogen-bond donors (Lipinski definition) is 1. The highest BCUT2D eigenvalue weighted by atomic mass is 32.1. The van der Waals surface area contributed by atoms with Gasteiger partial charge in [-0.25, -0.2) is 4.98 Å². The van der Waals surface area contributed by atoms with Crippen LogP contribution in [0.2, 0.25) is 0 Å². The van der Waals surface area contributed by atoms with Gasteiger partial charge in [-0.15, -0.1) is 11.3 Å². The van der Waals surface area contributed by atoms with Crippen molar-refractivity contribution in [2.45, 2.75) is 44.1 Å². The molecule has 0 aromatic carbocycles. The summed E-state index contributed by atoms with van der Waals surface area (Å²) in [6.45, 7) is 8.50. The highest BCUT2D eigenvalue weighted by Gasteiger charge is 2.48. The Hall–Kier alpha value is -2.05. The van der Waals surface area contributed by atoms with Crippen LogP contribution in [0.4, 0.5) is 0 Å². The van der Waals surface area contributed by atoms with Gasteiger partial charge in [-0.3, -0.25) is 4.90 Å². The quantitative estimate of drug-likeness (QED) is 0.723. The number of ether oxygens (including phenoxy) is 2. The van der Waals surface area contributed by atoms with Crippen molar-refractivity contribution in [1.82, 2.24) is 20.2 Å². The standard InChI is InChI=1S/C24H29N5O2S/c1-16-11-30-9-8-29(16)14-23(5-6-23)15-31-22-27-7-3-18(28-22)21-17(10-25)20-19(32-21)2-4-24(20)12-26-13-24/h3,7,16,26H,2,4-6,8-9,11-15H2,1H3/t16-/m1/s1. The fourth-order valence-corrected chi connectivity index (χ4v) is 6.81. The van der Waals surface area contributed by atoms with Crippen LogP contribution in [0.15, 0.2) is 12.3 Å². The molecule has 2 aliphatic carbocycles. The summed E-state index contributed by atoms with van der Waals surface area (Å²) in [5.41, 5.74) is 3.26. The van der Waals surface area contributed by atoms with Crippen molar-refractivity contribution in [1.29, 1.82) is 5.26 Å². The molecule has 8 heteroatoms. The molecule has 2 aromatic heterocycles. The zero-order chi connectivity index (χ0) is 21.8. The molecule has 2 saturated heterocycles. The van der Waals surface area contributed by atoms with Crippen molar-refractivity contribution < 1.29 is 9.47 Å². The summed E-state index contributed by atoms with van der Waals surface area (Å²) in [4.78, 5) is 14.0. The Labute approximate surface area is 192 Å². The van der Waals surface area contributed by atoms with E-state index in [-0.39, 0.29) is 10.8 Å². The van der Waals surface area contributed by atoms with Gasteiger partial charge < -0.3 is 14.8 Å². The minimum absolute atomic E-state index is 0.163. The van der Waals surface area contributed by atoms with Crippen molar-refractivity contribution in [2.75, 3.05) is 46.0 Å². The second-order valence-electron chi connectivity index (χ2n) is 10.0. The maximum atomic E-state index is 10.00. The van der Waals surface area contributed by atoms with Gasteiger partial charge in [-0.1, -0.05) is 0 Å². The number of aromatic nitrogens is 2. The van der Waals surface area contributed by atoms with Crippen LogP contribution in [-0.4, -0.2) is 66.9 Å². The van der Waals surface area contributed by atoms with Gasteiger partial charge in [-0.05, 0) is 44.2 Å². The van der Waals surface area contributed by atoms with E-state index in [2.05, 4.69) is 28.2 Å². The first-order valence-corrected chi connectivity index (χ1v) is 12.5. The first kappa shape index (κ1) is 20.5. The molecule has 0 radical (unpaired) electrons. The Morgan fingerprint density at radius 1 is 1.38 bits per heavy atom. The van der Waals surface area contributed by atoms with Gasteiger partial charge in [0.2, 0.25) is 0 Å². The lowest BCUT2D eigenvalue weighted by atomic mass is 9.75. The van der Waals surface area contributed by atoms with Gasteiger partial charge in [0.15, 0.2) is 0 Å². The van der Waals surface area contributed by atoms with Crippen LogP contribution in [0.1, 0.15) is 42.2 Å². The topological polar surface area (TPSA) is 83.3 Å². The van der Waals surface area contributed by atoms with E-state index in [0.717, 1.165) is 68.4 Å². The molecule has 0 amide bonds. The molecule has 1 N–H and O–H groups in total. The summed E-state index contributed by atoms with van der Waals surface area (Å²) in [7, 11) is 0. The summed E-state index contributed by atoms with van der Waals surface area (Å²) >= 11 is 1.73. The minimum Gasteiger partial charge on any atom is -0.463 e. The lowest BCUT2D eigenvalue weighted by Crippen LogP contribution is -2.55. The average Bonchev–Trinajstić information content (AvgIpc) is 3.28.